The standard InChI is InChI=1S/C18H17F3N2O3/c1-12(24)23(15-8-7-14(19)17(20)18(15)21)10-9-22-16(25)11-26-13-5-3-2-4-6-13/h2-8H,9-11H2,1H3,(H,22,25). The van der Waals surface area contributed by atoms with Crippen molar-refractivity contribution in [1.82, 2.24) is 5.32 Å². The van der Waals surface area contributed by atoms with E-state index in [0.29, 0.717) is 5.75 Å². The topological polar surface area (TPSA) is 58.6 Å². The van der Waals surface area contributed by atoms with E-state index in [9.17, 15) is 22.8 Å². The zero-order chi connectivity index (χ0) is 19.1. The van der Waals surface area contributed by atoms with Crippen molar-refractivity contribution < 1.29 is 27.5 Å². The van der Waals surface area contributed by atoms with E-state index >= 15 is 0 Å². The average molecular weight is 366 g/mol. The molecule has 2 aromatic rings. The first kappa shape index (κ1) is 19.3. The summed E-state index contributed by atoms with van der Waals surface area (Å²) in [4.78, 5) is 24.3. The van der Waals surface area contributed by atoms with E-state index in [0.717, 1.165) is 24.0 Å². The van der Waals surface area contributed by atoms with Crippen molar-refractivity contribution in [2.45, 2.75) is 6.92 Å². The van der Waals surface area contributed by atoms with Gasteiger partial charge in [0.1, 0.15) is 5.75 Å². The molecule has 2 amide bonds. The van der Waals surface area contributed by atoms with Crippen LogP contribution in [-0.4, -0.2) is 31.5 Å². The maximum atomic E-state index is 13.9. The normalized spacial score (nSPS) is 10.3. The molecule has 0 saturated carbocycles. The molecule has 0 aromatic heterocycles. The van der Waals surface area contributed by atoms with Gasteiger partial charge in [0.15, 0.2) is 24.1 Å². The fourth-order valence-corrected chi connectivity index (χ4v) is 2.20. The molecule has 0 saturated heterocycles. The van der Waals surface area contributed by atoms with E-state index in [1.165, 1.54) is 0 Å². The molecule has 8 heteroatoms. The van der Waals surface area contributed by atoms with Gasteiger partial charge in [-0.15, -0.1) is 0 Å². The van der Waals surface area contributed by atoms with Crippen LogP contribution in [0.2, 0.25) is 0 Å². The molecule has 138 valence electrons. The highest BCUT2D eigenvalue weighted by molar-refractivity contribution is 5.91. The Hall–Kier alpha value is -3.03. The summed E-state index contributed by atoms with van der Waals surface area (Å²) in [6.45, 7) is 0.786. The Morgan fingerprint density at radius 2 is 1.73 bits per heavy atom. The van der Waals surface area contributed by atoms with E-state index in [-0.39, 0.29) is 19.7 Å². The number of nitrogens with one attached hydrogen (secondary N) is 1. The molecule has 0 radical (unpaired) electrons. The third kappa shape index (κ3) is 4.98. The van der Waals surface area contributed by atoms with Crippen molar-refractivity contribution in [3.05, 3.63) is 59.9 Å². The highest BCUT2D eigenvalue weighted by Crippen LogP contribution is 2.23. The van der Waals surface area contributed by atoms with Gasteiger partial charge in [-0.3, -0.25) is 9.59 Å². The number of hydrogen-bond acceptors (Lipinski definition) is 3. The highest BCUT2D eigenvalue weighted by Gasteiger charge is 2.21. The molecular weight excluding hydrogens is 349 g/mol. The van der Waals surface area contributed by atoms with E-state index in [1.807, 2.05) is 0 Å². The predicted molar refractivity (Wildman–Crippen MR) is 89.3 cm³/mol. The van der Waals surface area contributed by atoms with Crippen molar-refractivity contribution in [3.63, 3.8) is 0 Å². The number of hydrogen-bond donors (Lipinski definition) is 1. The van der Waals surface area contributed by atoms with Gasteiger partial charge in [0, 0.05) is 20.0 Å². The summed E-state index contributed by atoms with van der Waals surface area (Å²) in [7, 11) is 0. The summed E-state index contributed by atoms with van der Waals surface area (Å²) in [6, 6.07) is 10.4. The van der Waals surface area contributed by atoms with Crippen LogP contribution < -0.4 is 15.0 Å². The number of ether oxygens (including phenoxy) is 1. The third-order valence-electron chi connectivity index (χ3n) is 3.46. The molecule has 0 spiro atoms. The second-order valence-electron chi connectivity index (χ2n) is 5.32. The van der Waals surface area contributed by atoms with Crippen molar-refractivity contribution in [3.8, 4) is 5.75 Å². The smallest absolute Gasteiger partial charge is 0.258 e. The fraction of sp³-hybridized carbons (Fsp3) is 0.222. The van der Waals surface area contributed by atoms with Crippen molar-refractivity contribution in [2.24, 2.45) is 0 Å². The van der Waals surface area contributed by atoms with Gasteiger partial charge in [0.2, 0.25) is 5.91 Å². The minimum absolute atomic E-state index is 0.0189. The number of carbonyl (C=O) groups is 2. The quantitative estimate of drug-likeness (QED) is 0.767. The summed E-state index contributed by atoms with van der Waals surface area (Å²) in [5.74, 6) is -4.96. The Labute approximate surface area is 148 Å². The van der Waals surface area contributed by atoms with Gasteiger partial charge in [0.05, 0.1) is 5.69 Å². The molecule has 0 aliphatic rings. The molecule has 0 bridgehead atoms. The Morgan fingerprint density at radius 3 is 2.38 bits per heavy atom. The zero-order valence-electron chi connectivity index (χ0n) is 14.0. The molecule has 0 heterocycles. The Kier molecular flexibility index (Phi) is 6.60. The number of para-hydroxylation sites is 1. The van der Waals surface area contributed by atoms with Gasteiger partial charge >= 0.3 is 0 Å². The van der Waals surface area contributed by atoms with Gasteiger partial charge < -0.3 is 15.0 Å². The molecule has 0 atom stereocenters. The Morgan fingerprint density at radius 1 is 1.04 bits per heavy atom. The van der Waals surface area contributed by atoms with Gasteiger partial charge in [-0.1, -0.05) is 18.2 Å². The molecule has 0 unspecified atom stereocenters. The number of nitrogens with zero attached hydrogens (tertiary/aromatic N) is 1. The molecule has 0 fully saturated rings. The largest absolute Gasteiger partial charge is 0.484 e. The van der Waals surface area contributed by atoms with Crippen LogP contribution in [0.5, 0.6) is 5.75 Å². The van der Waals surface area contributed by atoms with Crippen LogP contribution in [0, 0.1) is 17.5 Å². The summed E-state index contributed by atoms with van der Waals surface area (Å²) in [5.41, 5.74) is -0.397. The van der Waals surface area contributed by atoms with Crippen LogP contribution in [0.3, 0.4) is 0 Å². The van der Waals surface area contributed by atoms with E-state index in [4.69, 9.17) is 4.74 Å². The van der Waals surface area contributed by atoms with Crippen molar-refractivity contribution in [2.75, 3.05) is 24.6 Å². The molecule has 0 aliphatic heterocycles. The fourth-order valence-electron chi connectivity index (χ4n) is 2.20. The second kappa shape index (κ2) is 8.89. The SMILES string of the molecule is CC(=O)N(CCNC(=O)COc1ccccc1)c1ccc(F)c(F)c1F. The number of benzene rings is 2. The third-order valence-corrected chi connectivity index (χ3v) is 3.46. The highest BCUT2D eigenvalue weighted by atomic mass is 19.2. The molecule has 5 nitrogen and oxygen atoms in total. The summed E-state index contributed by atoms with van der Waals surface area (Å²) >= 11 is 0. The van der Waals surface area contributed by atoms with Gasteiger partial charge in [-0.2, -0.15) is 0 Å². The predicted octanol–water partition coefficient (Wildman–Crippen LogP) is 2.65. The first-order valence-corrected chi connectivity index (χ1v) is 7.76. The molecule has 0 aliphatic carbocycles. The first-order valence-electron chi connectivity index (χ1n) is 7.76. The van der Waals surface area contributed by atoms with Crippen LogP contribution in [-0.2, 0) is 9.59 Å². The number of amides is 2. The average Bonchev–Trinajstić information content (AvgIpc) is 2.63. The molecule has 2 rings (SSSR count). The van der Waals surface area contributed by atoms with Crippen molar-refractivity contribution >= 4 is 17.5 Å². The van der Waals surface area contributed by atoms with E-state index < -0.39 is 35.0 Å². The lowest BCUT2D eigenvalue weighted by Gasteiger charge is -2.22. The lowest BCUT2D eigenvalue weighted by Crippen LogP contribution is -2.39. The van der Waals surface area contributed by atoms with E-state index in [2.05, 4.69) is 5.32 Å². The molecule has 2 aromatic carbocycles. The lowest BCUT2D eigenvalue weighted by molar-refractivity contribution is -0.123. The zero-order valence-corrected chi connectivity index (χ0v) is 14.0. The summed E-state index contributed by atoms with van der Waals surface area (Å²) in [6.07, 6.45) is 0. The maximum absolute atomic E-state index is 13.9. The molecule has 26 heavy (non-hydrogen) atoms. The van der Waals surface area contributed by atoms with Gasteiger partial charge in [-0.05, 0) is 24.3 Å². The number of anilines is 1. The van der Waals surface area contributed by atoms with Crippen LogP contribution in [0.1, 0.15) is 6.92 Å². The first-order chi connectivity index (χ1) is 12.4. The monoisotopic (exact) mass is 366 g/mol. The van der Waals surface area contributed by atoms with Crippen LogP contribution >= 0.6 is 0 Å². The van der Waals surface area contributed by atoms with Crippen LogP contribution in [0.4, 0.5) is 18.9 Å². The summed E-state index contributed by atoms with van der Waals surface area (Å²) < 4.78 is 45.5. The summed E-state index contributed by atoms with van der Waals surface area (Å²) in [5, 5.41) is 2.51. The molecule has 1 N–H and O–H groups in total. The molecular formula is C18H17F3N2O3. The van der Waals surface area contributed by atoms with Crippen LogP contribution in [0.25, 0.3) is 0 Å². The number of carbonyl (C=O) groups excluding carboxylic acids is 2. The van der Waals surface area contributed by atoms with E-state index in [1.54, 1.807) is 30.3 Å². The lowest BCUT2D eigenvalue weighted by atomic mass is 10.2. The van der Waals surface area contributed by atoms with Gasteiger partial charge in [0.25, 0.3) is 5.91 Å². The van der Waals surface area contributed by atoms with Gasteiger partial charge in [-0.25, -0.2) is 13.2 Å². The Bertz CT molecular complexity index is 785. The number of rotatable bonds is 7. The minimum atomic E-state index is -1.66. The maximum Gasteiger partial charge on any atom is 0.258 e. The Balaban J connectivity index is 1.90. The number of halogens is 3. The van der Waals surface area contributed by atoms with Crippen molar-refractivity contribution in [1.29, 1.82) is 0 Å². The second-order valence-corrected chi connectivity index (χ2v) is 5.32. The van der Waals surface area contributed by atoms with Crippen LogP contribution in [0.15, 0.2) is 42.5 Å². The minimum Gasteiger partial charge on any atom is -0.484 e.